The largest absolute Gasteiger partial charge is 0.416 e. The molecule has 112 valence electrons. The van der Waals surface area contributed by atoms with Crippen LogP contribution in [0.3, 0.4) is 0 Å². The van der Waals surface area contributed by atoms with Crippen molar-refractivity contribution in [2.75, 3.05) is 5.32 Å². The zero-order chi connectivity index (χ0) is 14.6. The molecular weight excluding hydrogens is 263 g/mol. The molecule has 1 aromatic carbocycles. The van der Waals surface area contributed by atoms with E-state index in [1.165, 1.54) is 32.3 Å². The zero-order valence-corrected chi connectivity index (χ0v) is 11.9. The van der Waals surface area contributed by atoms with Gasteiger partial charge in [0.25, 0.3) is 0 Å². The highest BCUT2D eigenvalue weighted by atomic mass is 19.4. The minimum atomic E-state index is -4.28. The molecule has 20 heavy (non-hydrogen) atoms. The van der Waals surface area contributed by atoms with E-state index in [-0.39, 0.29) is 5.56 Å². The van der Waals surface area contributed by atoms with E-state index in [0.717, 1.165) is 25.7 Å². The van der Waals surface area contributed by atoms with Crippen LogP contribution >= 0.6 is 0 Å². The van der Waals surface area contributed by atoms with Crippen LogP contribution in [0.2, 0.25) is 0 Å². The Labute approximate surface area is 118 Å². The standard InChI is InChI=1S/C16H22F3N/c1-12-9-10-14(11-15(12)16(17,18)19)20-13-7-5-3-2-4-6-8-13/h9-11,13,20H,2-8H2,1H3. The van der Waals surface area contributed by atoms with E-state index in [2.05, 4.69) is 5.32 Å². The van der Waals surface area contributed by atoms with Crippen LogP contribution in [0.15, 0.2) is 18.2 Å². The summed E-state index contributed by atoms with van der Waals surface area (Å²) in [6, 6.07) is 4.85. The molecule has 2 rings (SSSR count). The number of rotatable bonds is 2. The molecule has 1 nitrogen and oxygen atoms in total. The van der Waals surface area contributed by atoms with Gasteiger partial charge in [0, 0.05) is 11.7 Å². The molecule has 1 fully saturated rings. The first-order chi connectivity index (χ1) is 9.47. The Hall–Kier alpha value is -1.19. The maximum Gasteiger partial charge on any atom is 0.416 e. The van der Waals surface area contributed by atoms with E-state index in [9.17, 15) is 13.2 Å². The Morgan fingerprint density at radius 1 is 1.00 bits per heavy atom. The van der Waals surface area contributed by atoms with E-state index in [4.69, 9.17) is 0 Å². The summed E-state index contributed by atoms with van der Waals surface area (Å²) in [6.45, 7) is 1.50. The number of halogens is 3. The van der Waals surface area contributed by atoms with Crippen molar-refractivity contribution in [1.29, 1.82) is 0 Å². The average Bonchev–Trinajstić information content (AvgIpc) is 2.33. The predicted molar refractivity (Wildman–Crippen MR) is 75.9 cm³/mol. The van der Waals surface area contributed by atoms with Gasteiger partial charge in [0.1, 0.15) is 0 Å². The number of alkyl halides is 3. The molecule has 0 spiro atoms. The van der Waals surface area contributed by atoms with Gasteiger partial charge in [0.15, 0.2) is 0 Å². The third-order valence-corrected chi connectivity index (χ3v) is 4.02. The first-order valence-electron chi connectivity index (χ1n) is 7.41. The summed E-state index contributed by atoms with van der Waals surface area (Å²) in [7, 11) is 0. The fraction of sp³-hybridized carbons (Fsp3) is 0.625. The van der Waals surface area contributed by atoms with Crippen molar-refractivity contribution in [3.05, 3.63) is 29.3 Å². The summed E-state index contributed by atoms with van der Waals surface area (Å²) < 4.78 is 38.7. The molecule has 0 amide bonds. The van der Waals surface area contributed by atoms with Gasteiger partial charge in [0.2, 0.25) is 0 Å². The van der Waals surface area contributed by atoms with Crippen LogP contribution in [-0.2, 0) is 6.18 Å². The molecule has 0 bridgehead atoms. The van der Waals surface area contributed by atoms with Crippen molar-refractivity contribution < 1.29 is 13.2 Å². The number of aryl methyl sites for hydroxylation is 1. The second kappa shape index (κ2) is 6.51. The lowest BCUT2D eigenvalue weighted by atomic mass is 9.96. The smallest absolute Gasteiger partial charge is 0.382 e. The van der Waals surface area contributed by atoms with Gasteiger partial charge in [-0.3, -0.25) is 0 Å². The van der Waals surface area contributed by atoms with Crippen LogP contribution in [0.25, 0.3) is 0 Å². The monoisotopic (exact) mass is 285 g/mol. The SMILES string of the molecule is Cc1ccc(NC2CCCCCCC2)cc1C(F)(F)F. The lowest BCUT2D eigenvalue weighted by Crippen LogP contribution is -2.21. The van der Waals surface area contributed by atoms with E-state index < -0.39 is 11.7 Å². The van der Waals surface area contributed by atoms with Gasteiger partial charge in [0.05, 0.1) is 5.56 Å². The van der Waals surface area contributed by atoms with E-state index in [0.29, 0.717) is 11.7 Å². The minimum Gasteiger partial charge on any atom is -0.382 e. The van der Waals surface area contributed by atoms with Crippen molar-refractivity contribution in [3.8, 4) is 0 Å². The highest BCUT2D eigenvalue weighted by Crippen LogP contribution is 2.34. The van der Waals surface area contributed by atoms with Crippen LogP contribution < -0.4 is 5.32 Å². The number of nitrogens with one attached hydrogen (secondary N) is 1. The minimum absolute atomic E-state index is 0.278. The Morgan fingerprint density at radius 2 is 1.60 bits per heavy atom. The van der Waals surface area contributed by atoms with Crippen molar-refractivity contribution in [1.82, 2.24) is 0 Å². The number of anilines is 1. The molecular formula is C16H22F3N. The first kappa shape index (κ1) is 15.2. The Bertz CT molecular complexity index is 432. The second-order valence-electron chi connectivity index (χ2n) is 5.71. The van der Waals surface area contributed by atoms with Gasteiger partial charge in [-0.25, -0.2) is 0 Å². The van der Waals surface area contributed by atoms with Gasteiger partial charge in [-0.05, 0) is 37.5 Å². The molecule has 0 unspecified atom stereocenters. The fourth-order valence-electron chi connectivity index (χ4n) is 2.85. The predicted octanol–water partition coefficient (Wildman–Crippen LogP) is 5.54. The fourth-order valence-corrected chi connectivity index (χ4v) is 2.85. The van der Waals surface area contributed by atoms with Gasteiger partial charge in [-0.1, -0.05) is 38.2 Å². The number of benzene rings is 1. The van der Waals surface area contributed by atoms with Crippen LogP contribution in [0.4, 0.5) is 18.9 Å². The van der Waals surface area contributed by atoms with Crippen LogP contribution in [-0.4, -0.2) is 6.04 Å². The Morgan fingerprint density at radius 3 is 2.20 bits per heavy atom. The molecule has 0 aliphatic heterocycles. The molecule has 1 N–H and O–H groups in total. The third-order valence-electron chi connectivity index (χ3n) is 4.02. The van der Waals surface area contributed by atoms with Crippen LogP contribution in [0, 0.1) is 6.92 Å². The van der Waals surface area contributed by atoms with Crippen LogP contribution in [0.5, 0.6) is 0 Å². The molecule has 0 saturated heterocycles. The molecule has 1 aliphatic carbocycles. The number of hydrogen-bond donors (Lipinski definition) is 1. The second-order valence-corrected chi connectivity index (χ2v) is 5.71. The topological polar surface area (TPSA) is 12.0 Å². The maximum atomic E-state index is 12.9. The molecule has 1 aromatic rings. The first-order valence-corrected chi connectivity index (χ1v) is 7.41. The van der Waals surface area contributed by atoms with Gasteiger partial charge in [-0.15, -0.1) is 0 Å². The lowest BCUT2D eigenvalue weighted by Gasteiger charge is -2.23. The summed E-state index contributed by atoms with van der Waals surface area (Å²) in [5.74, 6) is 0. The molecule has 1 saturated carbocycles. The quantitative estimate of drug-likeness (QED) is 0.752. The number of hydrogen-bond acceptors (Lipinski definition) is 1. The summed E-state index contributed by atoms with van der Waals surface area (Å²) in [4.78, 5) is 0. The van der Waals surface area contributed by atoms with E-state index in [1.54, 1.807) is 12.1 Å². The Kier molecular flexibility index (Phi) is 4.95. The van der Waals surface area contributed by atoms with Gasteiger partial charge >= 0.3 is 6.18 Å². The molecule has 0 aromatic heterocycles. The summed E-state index contributed by atoms with van der Waals surface area (Å²) in [6.07, 6.45) is 3.91. The van der Waals surface area contributed by atoms with E-state index in [1.807, 2.05) is 0 Å². The van der Waals surface area contributed by atoms with Crippen molar-refractivity contribution in [3.63, 3.8) is 0 Å². The maximum absolute atomic E-state index is 12.9. The van der Waals surface area contributed by atoms with Crippen molar-refractivity contribution in [2.45, 2.75) is 64.1 Å². The van der Waals surface area contributed by atoms with Gasteiger partial charge in [-0.2, -0.15) is 13.2 Å². The summed E-state index contributed by atoms with van der Waals surface area (Å²) in [5, 5.41) is 3.29. The summed E-state index contributed by atoms with van der Waals surface area (Å²) in [5.41, 5.74) is 0.336. The summed E-state index contributed by atoms with van der Waals surface area (Å²) >= 11 is 0. The normalized spacial score (nSPS) is 18.4. The highest BCUT2D eigenvalue weighted by Gasteiger charge is 2.32. The van der Waals surface area contributed by atoms with Crippen molar-refractivity contribution in [2.24, 2.45) is 0 Å². The highest BCUT2D eigenvalue weighted by molar-refractivity contribution is 5.50. The van der Waals surface area contributed by atoms with Crippen LogP contribution in [0.1, 0.15) is 56.1 Å². The van der Waals surface area contributed by atoms with Gasteiger partial charge < -0.3 is 5.32 Å². The molecule has 0 heterocycles. The molecule has 0 radical (unpaired) electrons. The molecule has 4 heteroatoms. The lowest BCUT2D eigenvalue weighted by molar-refractivity contribution is -0.138. The van der Waals surface area contributed by atoms with E-state index >= 15 is 0 Å². The molecule has 1 aliphatic rings. The average molecular weight is 285 g/mol. The Balaban J connectivity index is 2.08. The van der Waals surface area contributed by atoms with Crippen molar-refractivity contribution >= 4 is 5.69 Å². The third kappa shape index (κ3) is 4.15. The zero-order valence-electron chi connectivity index (χ0n) is 11.9. The molecule has 0 atom stereocenters.